The molecule has 1 aromatic carbocycles. The van der Waals surface area contributed by atoms with Crippen LogP contribution in [0.2, 0.25) is 5.02 Å². The Bertz CT molecular complexity index is 940. The highest BCUT2D eigenvalue weighted by Gasteiger charge is 2.39. The first-order valence-electron chi connectivity index (χ1n) is 8.96. The fourth-order valence-electron chi connectivity index (χ4n) is 2.99. The van der Waals surface area contributed by atoms with E-state index in [1.54, 1.807) is 0 Å². The third kappa shape index (κ3) is 5.01. The van der Waals surface area contributed by atoms with Crippen LogP contribution in [-0.2, 0) is 17.5 Å². The lowest BCUT2D eigenvalue weighted by Crippen LogP contribution is -2.26. The molecule has 162 valence electrons. The third-order valence-electron chi connectivity index (χ3n) is 4.51. The summed E-state index contributed by atoms with van der Waals surface area (Å²) in [5, 5.41) is 9.24. The number of nitrogens with zero attached hydrogens (tertiary/aromatic N) is 1. The monoisotopic (exact) mass is 465 g/mol. The van der Waals surface area contributed by atoms with Crippen LogP contribution in [0.5, 0.6) is 0 Å². The average Bonchev–Trinajstić information content (AvgIpc) is 3.13. The molecule has 1 aromatic heterocycles. The lowest BCUT2D eigenvalue weighted by molar-refractivity contribution is -0.135. The molecule has 0 amide bonds. The zero-order valence-electron chi connectivity index (χ0n) is 15.4. The summed E-state index contributed by atoms with van der Waals surface area (Å²) in [6.45, 7) is -0.783. The number of hydrogen-bond acceptors (Lipinski definition) is 4. The quantitative estimate of drug-likeness (QED) is 0.490. The molecule has 1 N–H and O–H groups in total. The molecule has 0 saturated heterocycles. The number of rotatable bonds is 7. The van der Waals surface area contributed by atoms with Gasteiger partial charge in [0.05, 0.1) is 5.69 Å². The summed E-state index contributed by atoms with van der Waals surface area (Å²) < 4.78 is 78.2. The first-order chi connectivity index (χ1) is 14.2. The second-order valence-electron chi connectivity index (χ2n) is 6.57. The molecule has 1 heterocycles. The van der Waals surface area contributed by atoms with Gasteiger partial charge in [0, 0.05) is 22.8 Å². The van der Waals surface area contributed by atoms with Crippen LogP contribution in [0.1, 0.15) is 23.3 Å². The average molecular weight is 466 g/mol. The van der Waals surface area contributed by atoms with Gasteiger partial charge in [0.2, 0.25) is 0 Å². The van der Waals surface area contributed by atoms with E-state index in [9.17, 15) is 22.0 Å². The molecule has 30 heavy (non-hydrogen) atoms. The maximum Gasteiger partial charge on any atom is 0.427 e. The van der Waals surface area contributed by atoms with Crippen LogP contribution in [0.15, 0.2) is 47.7 Å². The fraction of sp³-hybridized carbons (Fsp3) is 0.350. The summed E-state index contributed by atoms with van der Waals surface area (Å²) in [4.78, 5) is -0.963. The van der Waals surface area contributed by atoms with Crippen LogP contribution in [0.25, 0.3) is 11.3 Å². The largest absolute Gasteiger partial charge is 0.490 e. The summed E-state index contributed by atoms with van der Waals surface area (Å²) in [7, 11) is 0. The van der Waals surface area contributed by atoms with E-state index in [0.29, 0.717) is 10.6 Å². The van der Waals surface area contributed by atoms with E-state index in [2.05, 4.69) is 4.37 Å². The van der Waals surface area contributed by atoms with Crippen LogP contribution in [0, 0.1) is 0 Å². The molecule has 0 saturated carbocycles. The van der Waals surface area contributed by atoms with Crippen molar-refractivity contribution in [1.29, 1.82) is 0 Å². The van der Waals surface area contributed by atoms with Crippen molar-refractivity contribution >= 4 is 23.1 Å². The standard InChI is InChI=1S/C20H17ClF5NO2S/c21-13-6-3-12(4-7-13)18-14(19(30-27-18)20(24,25)26)10-29-15-8-5-11(2-1-9-28)16(22)17(15)23/h3-8,16-17,28H,1-2,9-10H2. The van der Waals surface area contributed by atoms with Crippen LogP contribution >= 0.6 is 23.1 Å². The molecule has 1 aliphatic rings. The molecule has 0 spiro atoms. The zero-order chi connectivity index (χ0) is 21.9. The van der Waals surface area contributed by atoms with Crippen LogP contribution in [0.4, 0.5) is 22.0 Å². The fourth-order valence-corrected chi connectivity index (χ4v) is 3.89. The predicted molar refractivity (Wildman–Crippen MR) is 105 cm³/mol. The van der Waals surface area contributed by atoms with Crippen molar-refractivity contribution in [3.05, 3.63) is 63.2 Å². The molecule has 0 radical (unpaired) electrons. The van der Waals surface area contributed by atoms with Gasteiger partial charge >= 0.3 is 6.18 Å². The number of aliphatic hydroxyl groups excluding tert-OH is 1. The van der Waals surface area contributed by atoms with Crippen molar-refractivity contribution < 1.29 is 31.8 Å². The maximum atomic E-state index is 14.4. The van der Waals surface area contributed by atoms with Crippen molar-refractivity contribution in [1.82, 2.24) is 4.37 Å². The Hall–Kier alpha value is -1.97. The van der Waals surface area contributed by atoms with Crippen LogP contribution in [-0.4, -0.2) is 28.4 Å². The van der Waals surface area contributed by atoms with Gasteiger partial charge in [-0.1, -0.05) is 29.8 Å². The number of hydrogen-bond donors (Lipinski definition) is 1. The summed E-state index contributed by atoms with van der Waals surface area (Å²) in [5.41, 5.74) is 0.354. The highest BCUT2D eigenvalue weighted by atomic mass is 35.5. The molecular formula is C20H17ClF5NO2S. The number of alkyl halides is 5. The van der Waals surface area contributed by atoms with E-state index in [4.69, 9.17) is 21.4 Å². The molecule has 3 rings (SSSR count). The number of aliphatic hydroxyl groups is 1. The van der Waals surface area contributed by atoms with Crippen molar-refractivity contribution in [2.75, 3.05) is 6.61 Å². The molecular weight excluding hydrogens is 449 g/mol. The Morgan fingerprint density at radius 3 is 2.43 bits per heavy atom. The van der Waals surface area contributed by atoms with Gasteiger partial charge in [-0.25, -0.2) is 8.78 Å². The smallest absolute Gasteiger partial charge is 0.427 e. The van der Waals surface area contributed by atoms with Crippen molar-refractivity contribution in [2.45, 2.75) is 38.0 Å². The maximum absolute atomic E-state index is 14.4. The molecule has 0 bridgehead atoms. The highest BCUT2D eigenvalue weighted by molar-refractivity contribution is 7.06. The van der Waals surface area contributed by atoms with Gasteiger partial charge in [0.1, 0.15) is 17.2 Å². The minimum absolute atomic E-state index is 0.0479. The van der Waals surface area contributed by atoms with Gasteiger partial charge in [-0.3, -0.25) is 0 Å². The Balaban J connectivity index is 1.87. The Labute approximate surface area is 178 Å². The van der Waals surface area contributed by atoms with E-state index in [1.165, 1.54) is 36.4 Å². The summed E-state index contributed by atoms with van der Waals surface area (Å²) in [6, 6.07) is 6.07. The number of aromatic nitrogens is 1. The summed E-state index contributed by atoms with van der Waals surface area (Å²) >= 11 is 6.09. The minimum atomic E-state index is -4.67. The molecule has 0 aliphatic heterocycles. The van der Waals surface area contributed by atoms with Crippen molar-refractivity contribution in [3.8, 4) is 11.3 Å². The normalized spacial score (nSPS) is 19.4. The molecule has 2 unspecified atom stereocenters. The molecule has 0 fully saturated rings. The SMILES string of the molecule is OCCCC1=CC=C(OCc2c(-c3ccc(Cl)cc3)nsc2C(F)(F)F)C(F)C1F. The first kappa shape index (κ1) is 22.7. The van der Waals surface area contributed by atoms with Gasteiger partial charge in [-0.2, -0.15) is 17.5 Å². The lowest BCUT2D eigenvalue weighted by atomic mass is 9.96. The van der Waals surface area contributed by atoms with E-state index >= 15 is 0 Å². The number of benzene rings is 1. The second-order valence-corrected chi connectivity index (χ2v) is 7.78. The zero-order valence-corrected chi connectivity index (χ0v) is 17.0. The Kier molecular flexibility index (Phi) is 7.15. The van der Waals surface area contributed by atoms with Crippen molar-refractivity contribution in [2.24, 2.45) is 0 Å². The molecule has 2 atom stereocenters. The second kappa shape index (κ2) is 9.45. The number of halogens is 6. The summed E-state index contributed by atoms with van der Waals surface area (Å²) in [5.74, 6) is -0.392. The predicted octanol–water partition coefficient (Wildman–Crippen LogP) is 6.27. The van der Waals surface area contributed by atoms with E-state index < -0.39 is 35.8 Å². The number of allylic oxidation sites excluding steroid dienone is 4. The topological polar surface area (TPSA) is 42.4 Å². The van der Waals surface area contributed by atoms with Gasteiger partial charge in [-0.05, 0) is 48.2 Å². The molecule has 1 aliphatic carbocycles. The Morgan fingerprint density at radius 2 is 1.80 bits per heavy atom. The van der Waals surface area contributed by atoms with E-state index in [1.807, 2.05) is 0 Å². The van der Waals surface area contributed by atoms with Crippen LogP contribution < -0.4 is 0 Å². The van der Waals surface area contributed by atoms with E-state index in [-0.39, 0.29) is 47.8 Å². The Morgan fingerprint density at radius 1 is 1.10 bits per heavy atom. The van der Waals surface area contributed by atoms with Gasteiger partial charge in [0.25, 0.3) is 0 Å². The minimum Gasteiger partial charge on any atom is -0.490 e. The molecule has 3 nitrogen and oxygen atoms in total. The van der Waals surface area contributed by atoms with E-state index in [0.717, 1.165) is 0 Å². The molecule has 10 heteroatoms. The first-order valence-corrected chi connectivity index (χ1v) is 10.1. The van der Waals surface area contributed by atoms with Crippen LogP contribution in [0.3, 0.4) is 0 Å². The third-order valence-corrected chi connectivity index (χ3v) is 5.70. The van der Waals surface area contributed by atoms with Gasteiger partial charge in [-0.15, -0.1) is 0 Å². The van der Waals surface area contributed by atoms with Crippen molar-refractivity contribution in [3.63, 3.8) is 0 Å². The highest BCUT2D eigenvalue weighted by Crippen LogP contribution is 2.41. The molecule has 2 aromatic rings. The van der Waals surface area contributed by atoms with Gasteiger partial charge < -0.3 is 9.84 Å². The lowest BCUT2D eigenvalue weighted by Gasteiger charge is -2.23. The number of ether oxygens (including phenoxy) is 1. The van der Waals surface area contributed by atoms with Gasteiger partial charge in [0.15, 0.2) is 12.3 Å². The summed E-state index contributed by atoms with van der Waals surface area (Å²) in [6.07, 6.45) is -5.78.